The van der Waals surface area contributed by atoms with Crippen LogP contribution in [0.25, 0.3) is 0 Å². The number of fused-ring (bicyclic) bond motifs is 1. The van der Waals surface area contributed by atoms with Gasteiger partial charge in [-0.15, -0.1) is 0 Å². The second kappa shape index (κ2) is 7.93. The van der Waals surface area contributed by atoms with Crippen molar-refractivity contribution in [3.05, 3.63) is 53.6 Å². The van der Waals surface area contributed by atoms with E-state index in [4.69, 9.17) is 4.74 Å². The van der Waals surface area contributed by atoms with Crippen LogP contribution in [0, 0.1) is 0 Å². The molecule has 1 aliphatic heterocycles. The Morgan fingerprint density at radius 2 is 1.79 bits per heavy atom. The van der Waals surface area contributed by atoms with E-state index in [1.54, 1.807) is 18.2 Å². The lowest BCUT2D eigenvalue weighted by Crippen LogP contribution is -2.28. The molecule has 1 aliphatic carbocycles. The van der Waals surface area contributed by atoms with Gasteiger partial charge in [-0.3, -0.25) is 4.79 Å². The largest absolute Gasteiger partial charge is 0.484 e. The van der Waals surface area contributed by atoms with Crippen molar-refractivity contribution in [3.63, 3.8) is 0 Å². The SMILES string of the molecule is O=C(COc1ccc2c(c1)CCC2)Nc1cccc(S(=O)(=O)N2CCCC2)c1. The number of nitrogens with zero attached hydrogens (tertiary/aromatic N) is 1. The average molecular weight is 401 g/mol. The van der Waals surface area contributed by atoms with Crippen molar-refractivity contribution in [2.45, 2.75) is 37.0 Å². The molecule has 28 heavy (non-hydrogen) atoms. The summed E-state index contributed by atoms with van der Waals surface area (Å²) in [6.07, 6.45) is 5.09. The number of hydrogen-bond acceptors (Lipinski definition) is 4. The molecule has 1 saturated heterocycles. The average Bonchev–Trinajstić information content (AvgIpc) is 3.38. The number of hydrogen-bond donors (Lipinski definition) is 1. The maximum atomic E-state index is 12.7. The summed E-state index contributed by atoms with van der Waals surface area (Å²) in [5.41, 5.74) is 3.09. The Kier molecular flexibility index (Phi) is 5.37. The van der Waals surface area contributed by atoms with Gasteiger partial charge in [0.25, 0.3) is 5.91 Å². The Morgan fingerprint density at radius 1 is 1.00 bits per heavy atom. The van der Waals surface area contributed by atoms with Gasteiger partial charge >= 0.3 is 0 Å². The van der Waals surface area contributed by atoms with Gasteiger partial charge in [-0.05, 0) is 73.6 Å². The lowest BCUT2D eigenvalue weighted by atomic mass is 10.1. The Morgan fingerprint density at radius 3 is 2.61 bits per heavy atom. The van der Waals surface area contributed by atoms with Crippen LogP contribution in [0.3, 0.4) is 0 Å². The number of rotatable bonds is 6. The van der Waals surface area contributed by atoms with Crippen LogP contribution in [0.4, 0.5) is 5.69 Å². The van der Waals surface area contributed by atoms with E-state index < -0.39 is 10.0 Å². The normalized spacial score (nSPS) is 16.7. The number of benzene rings is 2. The Labute approximate surface area is 165 Å². The quantitative estimate of drug-likeness (QED) is 0.809. The minimum absolute atomic E-state index is 0.123. The van der Waals surface area contributed by atoms with Gasteiger partial charge in [0.1, 0.15) is 5.75 Å². The summed E-state index contributed by atoms with van der Waals surface area (Å²) in [4.78, 5) is 12.4. The minimum atomic E-state index is -3.51. The molecule has 2 aromatic rings. The first-order valence-corrected chi connectivity index (χ1v) is 11.1. The van der Waals surface area contributed by atoms with E-state index in [9.17, 15) is 13.2 Å². The van der Waals surface area contributed by atoms with E-state index in [2.05, 4.69) is 11.4 Å². The Balaban J connectivity index is 1.38. The number of nitrogens with one attached hydrogen (secondary N) is 1. The third-order valence-electron chi connectivity index (χ3n) is 5.26. The summed E-state index contributed by atoms with van der Waals surface area (Å²) in [7, 11) is -3.51. The molecule has 0 atom stereocenters. The molecule has 6 nitrogen and oxygen atoms in total. The number of anilines is 1. The standard InChI is InChI=1S/C21H24N2O4S/c24-21(15-27-19-10-9-16-5-3-6-17(16)13-19)22-18-7-4-8-20(14-18)28(25,26)23-11-1-2-12-23/h4,7-10,13-14H,1-3,5-6,11-12,15H2,(H,22,24). The van der Waals surface area contributed by atoms with E-state index in [0.29, 0.717) is 24.5 Å². The summed E-state index contributed by atoms with van der Waals surface area (Å²) < 4.78 is 32.4. The fraction of sp³-hybridized carbons (Fsp3) is 0.381. The first-order chi connectivity index (χ1) is 13.5. The molecule has 1 amide bonds. The molecular weight excluding hydrogens is 376 g/mol. The number of aryl methyl sites for hydroxylation is 2. The maximum absolute atomic E-state index is 12.7. The van der Waals surface area contributed by atoms with Crippen molar-refractivity contribution >= 4 is 21.6 Å². The molecule has 0 spiro atoms. The molecule has 2 aromatic carbocycles. The van der Waals surface area contributed by atoms with Crippen LogP contribution in [0.5, 0.6) is 5.75 Å². The molecule has 7 heteroatoms. The van der Waals surface area contributed by atoms with Crippen LogP contribution in [-0.4, -0.2) is 38.3 Å². The molecule has 0 saturated carbocycles. The molecule has 1 N–H and O–H groups in total. The van der Waals surface area contributed by atoms with E-state index in [1.165, 1.54) is 21.5 Å². The second-order valence-electron chi connectivity index (χ2n) is 7.26. The van der Waals surface area contributed by atoms with Crippen LogP contribution in [0.2, 0.25) is 0 Å². The van der Waals surface area contributed by atoms with Gasteiger partial charge in [-0.1, -0.05) is 12.1 Å². The summed E-state index contributed by atoms with van der Waals surface area (Å²) in [6, 6.07) is 12.3. The number of carbonyl (C=O) groups excluding carboxylic acids is 1. The monoisotopic (exact) mass is 400 g/mol. The predicted molar refractivity (Wildman–Crippen MR) is 107 cm³/mol. The van der Waals surface area contributed by atoms with Gasteiger partial charge in [0.05, 0.1) is 4.90 Å². The van der Waals surface area contributed by atoms with Gasteiger partial charge in [0.15, 0.2) is 6.61 Å². The molecule has 148 valence electrons. The Hall–Kier alpha value is -2.38. The smallest absolute Gasteiger partial charge is 0.262 e. The van der Waals surface area contributed by atoms with Gasteiger partial charge in [-0.2, -0.15) is 4.31 Å². The zero-order valence-electron chi connectivity index (χ0n) is 15.7. The third kappa shape index (κ3) is 4.05. The van der Waals surface area contributed by atoms with Gasteiger partial charge in [0.2, 0.25) is 10.0 Å². The number of sulfonamides is 1. The van der Waals surface area contributed by atoms with E-state index >= 15 is 0 Å². The lowest BCUT2D eigenvalue weighted by Gasteiger charge is -2.16. The van der Waals surface area contributed by atoms with Crippen molar-refractivity contribution in [1.29, 1.82) is 0 Å². The molecule has 0 radical (unpaired) electrons. The number of amides is 1. The highest BCUT2D eigenvalue weighted by Gasteiger charge is 2.27. The lowest BCUT2D eigenvalue weighted by molar-refractivity contribution is -0.118. The maximum Gasteiger partial charge on any atom is 0.262 e. The molecule has 1 heterocycles. The van der Waals surface area contributed by atoms with Gasteiger partial charge in [0, 0.05) is 18.8 Å². The third-order valence-corrected chi connectivity index (χ3v) is 7.16. The van der Waals surface area contributed by atoms with Crippen molar-refractivity contribution in [2.24, 2.45) is 0 Å². The zero-order valence-corrected chi connectivity index (χ0v) is 16.5. The number of ether oxygens (including phenoxy) is 1. The van der Waals surface area contributed by atoms with Crippen LogP contribution in [0.15, 0.2) is 47.4 Å². The minimum Gasteiger partial charge on any atom is -0.484 e. The first kappa shape index (κ1) is 19.0. The first-order valence-electron chi connectivity index (χ1n) is 9.67. The van der Waals surface area contributed by atoms with E-state index in [0.717, 1.165) is 32.1 Å². The molecule has 0 aromatic heterocycles. The highest BCUT2D eigenvalue weighted by atomic mass is 32.2. The zero-order chi connectivity index (χ0) is 19.6. The summed E-state index contributed by atoms with van der Waals surface area (Å²) in [6.45, 7) is 0.975. The van der Waals surface area contributed by atoms with Crippen molar-refractivity contribution < 1.29 is 17.9 Å². The van der Waals surface area contributed by atoms with Crippen LogP contribution in [0.1, 0.15) is 30.4 Å². The fourth-order valence-corrected chi connectivity index (χ4v) is 5.36. The van der Waals surface area contributed by atoms with Crippen molar-refractivity contribution in [2.75, 3.05) is 25.0 Å². The van der Waals surface area contributed by atoms with Crippen LogP contribution < -0.4 is 10.1 Å². The molecule has 0 bridgehead atoms. The van der Waals surface area contributed by atoms with Crippen LogP contribution >= 0.6 is 0 Å². The molecule has 0 unspecified atom stereocenters. The number of carbonyl (C=O) groups is 1. The van der Waals surface area contributed by atoms with Crippen LogP contribution in [-0.2, 0) is 27.7 Å². The topological polar surface area (TPSA) is 75.7 Å². The fourth-order valence-electron chi connectivity index (χ4n) is 3.80. The highest BCUT2D eigenvalue weighted by molar-refractivity contribution is 7.89. The predicted octanol–water partition coefficient (Wildman–Crippen LogP) is 2.98. The second-order valence-corrected chi connectivity index (χ2v) is 9.20. The van der Waals surface area contributed by atoms with E-state index in [-0.39, 0.29) is 17.4 Å². The summed E-state index contributed by atoms with van der Waals surface area (Å²) in [5.74, 6) is 0.359. The molecule has 1 fully saturated rings. The highest BCUT2D eigenvalue weighted by Crippen LogP contribution is 2.26. The van der Waals surface area contributed by atoms with Crippen molar-refractivity contribution in [1.82, 2.24) is 4.31 Å². The van der Waals surface area contributed by atoms with Crippen molar-refractivity contribution in [3.8, 4) is 5.75 Å². The van der Waals surface area contributed by atoms with Gasteiger partial charge < -0.3 is 10.1 Å². The Bertz CT molecular complexity index is 982. The van der Waals surface area contributed by atoms with E-state index in [1.807, 2.05) is 12.1 Å². The van der Waals surface area contributed by atoms with Gasteiger partial charge in [-0.25, -0.2) is 8.42 Å². The summed E-state index contributed by atoms with van der Waals surface area (Å²) >= 11 is 0. The summed E-state index contributed by atoms with van der Waals surface area (Å²) in [5, 5.41) is 2.72. The molecular formula is C21H24N2O4S. The molecule has 2 aliphatic rings. The molecule has 4 rings (SSSR count).